The predicted octanol–water partition coefficient (Wildman–Crippen LogP) is 5.11. The molecule has 0 amide bonds. The Balaban J connectivity index is 0.00000218. The maximum atomic E-state index is 6.41. The van der Waals surface area contributed by atoms with E-state index < -0.39 is 0 Å². The van der Waals surface area contributed by atoms with Crippen LogP contribution in [0.3, 0.4) is 0 Å². The van der Waals surface area contributed by atoms with Crippen molar-refractivity contribution in [3.8, 4) is 5.69 Å². The molecule has 1 aliphatic carbocycles. The van der Waals surface area contributed by atoms with Gasteiger partial charge in [-0.2, -0.15) is 4.98 Å². The first-order valence-corrected chi connectivity index (χ1v) is 10.7. The van der Waals surface area contributed by atoms with Crippen molar-refractivity contribution in [2.75, 3.05) is 0 Å². The normalized spacial score (nSPS) is 21.6. The van der Waals surface area contributed by atoms with Crippen LogP contribution in [0.4, 0.5) is 0 Å². The van der Waals surface area contributed by atoms with Crippen LogP contribution >= 0.6 is 24.2 Å². The van der Waals surface area contributed by atoms with E-state index in [1.807, 2.05) is 0 Å². The molecule has 0 saturated heterocycles. The van der Waals surface area contributed by atoms with Crippen LogP contribution in [-0.2, 0) is 13.1 Å². The van der Waals surface area contributed by atoms with Crippen molar-refractivity contribution in [1.29, 1.82) is 0 Å². The van der Waals surface area contributed by atoms with Gasteiger partial charge in [0.1, 0.15) is 5.82 Å². The average molecular weight is 449 g/mol. The van der Waals surface area contributed by atoms with Gasteiger partial charge in [0.2, 0.25) is 5.89 Å². The summed E-state index contributed by atoms with van der Waals surface area (Å²) in [5, 5.41) is 13.3. The summed E-state index contributed by atoms with van der Waals surface area (Å²) in [6.07, 6.45) is 4.16. The van der Waals surface area contributed by atoms with Gasteiger partial charge >= 0.3 is 0 Å². The molecule has 2 aromatic heterocycles. The summed E-state index contributed by atoms with van der Waals surface area (Å²) in [4.78, 5) is 4.61. The molecule has 0 spiro atoms. The minimum absolute atomic E-state index is 0. The lowest BCUT2D eigenvalue weighted by Gasteiger charge is -2.26. The van der Waals surface area contributed by atoms with Gasteiger partial charge in [-0.15, -0.1) is 22.6 Å². The smallest absolute Gasteiger partial charge is 0.229 e. The Morgan fingerprint density at radius 1 is 1.03 bits per heavy atom. The zero-order chi connectivity index (χ0) is 20.0. The quantitative estimate of drug-likeness (QED) is 0.518. The van der Waals surface area contributed by atoms with Crippen LogP contribution < -0.4 is 0 Å². The summed E-state index contributed by atoms with van der Waals surface area (Å²) in [6.45, 7) is 5.43. The first-order valence-electron chi connectivity index (χ1n) is 10.4. The van der Waals surface area contributed by atoms with Crippen molar-refractivity contribution < 1.29 is 4.52 Å². The van der Waals surface area contributed by atoms with Crippen molar-refractivity contribution in [2.24, 2.45) is 0 Å². The second-order valence-corrected chi connectivity index (χ2v) is 8.89. The summed E-state index contributed by atoms with van der Waals surface area (Å²) < 4.78 is 9.41. The van der Waals surface area contributed by atoms with Crippen LogP contribution in [0.1, 0.15) is 86.2 Å². The molecule has 30 heavy (non-hydrogen) atoms. The summed E-state index contributed by atoms with van der Waals surface area (Å²) in [7, 11) is 0. The van der Waals surface area contributed by atoms with E-state index in [9.17, 15) is 0 Å². The lowest BCUT2D eigenvalue weighted by Crippen LogP contribution is -2.17. The van der Waals surface area contributed by atoms with Gasteiger partial charge in [-0.25, -0.2) is 4.42 Å². The molecule has 1 aliphatic heterocycles. The van der Waals surface area contributed by atoms with Crippen LogP contribution in [0.2, 0.25) is 0 Å². The Morgan fingerprint density at radius 2 is 1.77 bits per heavy atom. The third-order valence-corrected chi connectivity index (χ3v) is 6.29. The number of para-hydroxylation sites is 1. The number of nitrogens with zero attached hydrogens (tertiary/aromatic N) is 6. The van der Waals surface area contributed by atoms with E-state index >= 15 is 0 Å². The molecular formula is C21H26Cl2N6O. The minimum Gasteiger partial charge on any atom is -0.339 e. The topological polar surface area (TPSA) is 72.9 Å². The number of aromatic nitrogens is 5. The van der Waals surface area contributed by atoms with E-state index in [4.69, 9.17) is 16.3 Å². The van der Waals surface area contributed by atoms with E-state index in [0.29, 0.717) is 24.9 Å². The molecule has 5 rings (SSSR count). The Hall–Kier alpha value is -1.96. The van der Waals surface area contributed by atoms with Gasteiger partial charge < -0.3 is 4.52 Å². The highest BCUT2D eigenvalue weighted by atomic mass is 35.5. The molecule has 0 N–H and O–H groups in total. The number of rotatable bonds is 3. The molecule has 2 aliphatic rings. The van der Waals surface area contributed by atoms with Crippen molar-refractivity contribution in [3.63, 3.8) is 0 Å². The first kappa shape index (κ1) is 21.3. The van der Waals surface area contributed by atoms with Crippen molar-refractivity contribution in [3.05, 3.63) is 53.2 Å². The van der Waals surface area contributed by atoms with Crippen LogP contribution in [0.5, 0.6) is 0 Å². The molecule has 160 valence electrons. The van der Waals surface area contributed by atoms with Gasteiger partial charge in [-0.05, 0) is 49.1 Å². The molecule has 3 heterocycles. The molecule has 7 nitrogen and oxygen atoms in total. The van der Waals surface area contributed by atoms with Crippen molar-refractivity contribution in [1.82, 2.24) is 29.3 Å². The second-order valence-electron chi connectivity index (χ2n) is 8.41. The van der Waals surface area contributed by atoms with Crippen molar-refractivity contribution in [2.45, 2.75) is 70.4 Å². The SMILES string of the molecule is CC(C)c1nc(C2CCC(c3nnc4n3-c3ccccc3CN(Cl)C4)CC2)no1.Cl. The highest BCUT2D eigenvalue weighted by molar-refractivity contribution is 6.13. The maximum Gasteiger partial charge on any atom is 0.229 e. The fourth-order valence-corrected chi connectivity index (χ4v) is 4.71. The van der Waals surface area contributed by atoms with Gasteiger partial charge in [0, 0.05) is 24.3 Å². The first-order chi connectivity index (χ1) is 14.1. The molecular weight excluding hydrogens is 423 g/mol. The van der Waals surface area contributed by atoms with Crippen LogP contribution in [0.25, 0.3) is 5.69 Å². The van der Waals surface area contributed by atoms with Gasteiger partial charge in [0.15, 0.2) is 11.6 Å². The molecule has 1 fully saturated rings. The lowest BCUT2D eigenvalue weighted by atomic mass is 9.81. The highest BCUT2D eigenvalue weighted by Crippen LogP contribution is 2.40. The monoisotopic (exact) mass is 448 g/mol. The fraction of sp³-hybridized carbons (Fsp3) is 0.524. The van der Waals surface area contributed by atoms with E-state index in [0.717, 1.165) is 54.7 Å². The number of benzene rings is 1. The Bertz CT molecular complexity index is 1010. The summed E-state index contributed by atoms with van der Waals surface area (Å²) in [6, 6.07) is 8.39. The van der Waals surface area contributed by atoms with Gasteiger partial charge in [0.25, 0.3) is 0 Å². The van der Waals surface area contributed by atoms with Crippen molar-refractivity contribution >= 4 is 24.2 Å². The highest BCUT2D eigenvalue weighted by Gasteiger charge is 2.32. The third-order valence-electron chi connectivity index (χ3n) is 6.05. The predicted molar refractivity (Wildman–Crippen MR) is 116 cm³/mol. The van der Waals surface area contributed by atoms with Gasteiger partial charge in [0.05, 0.1) is 12.2 Å². The number of hydrogen-bond acceptors (Lipinski definition) is 6. The van der Waals surface area contributed by atoms with E-state index in [-0.39, 0.29) is 18.3 Å². The van der Waals surface area contributed by atoms with E-state index in [1.54, 1.807) is 4.42 Å². The Kier molecular flexibility index (Phi) is 6.14. The van der Waals surface area contributed by atoms with Gasteiger partial charge in [-0.1, -0.05) is 37.2 Å². The molecule has 0 bridgehead atoms. The maximum absolute atomic E-state index is 6.41. The summed E-state index contributed by atoms with van der Waals surface area (Å²) in [5.74, 6) is 4.54. The standard InChI is InChI=1S/C21H25ClN6O.ClH/c1-13(2)21-23-19(26-29-21)14-7-9-15(10-8-14)20-25-24-18-12-27(22)11-16-5-3-4-6-17(16)28(18)20;/h3-6,13-15H,7-12H2,1-2H3;1H. The third kappa shape index (κ3) is 3.86. The number of hydrogen-bond donors (Lipinski definition) is 0. The molecule has 0 radical (unpaired) electrons. The molecule has 9 heteroatoms. The number of halogens is 2. The lowest BCUT2D eigenvalue weighted by molar-refractivity contribution is 0.337. The Morgan fingerprint density at radius 3 is 2.50 bits per heavy atom. The van der Waals surface area contributed by atoms with Crippen LogP contribution in [0.15, 0.2) is 28.8 Å². The Labute approximate surface area is 187 Å². The fourth-order valence-electron chi connectivity index (χ4n) is 4.47. The van der Waals surface area contributed by atoms with Crippen LogP contribution in [0, 0.1) is 0 Å². The summed E-state index contributed by atoms with van der Waals surface area (Å²) in [5.41, 5.74) is 2.34. The minimum atomic E-state index is 0. The van der Waals surface area contributed by atoms with E-state index in [1.165, 1.54) is 5.56 Å². The summed E-state index contributed by atoms with van der Waals surface area (Å²) >= 11 is 6.41. The molecule has 3 aromatic rings. The molecule has 0 atom stereocenters. The van der Waals surface area contributed by atoms with Crippen LogP contribution in [-0.4, -0.2) is 29.3 Å². The molecule has 1 saturated carbocycles. The molecule has 0 unspecified atom stereocenters. The zero-order valence-corrected chi connectivity index (χ0v) is 18.7. The van der Waals surface area contributed by atoms with E-state index in [2.05, 4.69) is 63.0 Å². The number of fused-ring (bicyclic) bond motifs is 3. The second kappa shape index (κ2) is 8.65. The van der Waals surface area contributed by atoms with Gasteiger partial charge in [-0.3, -0.25) is 4.57 Å². The zero-order valence-electron chi connectivity index (χ0n) is 17.2. The molecule has 1 aromatic carbocycles. The largest absolute Gasteiger partial charge is 0.339 e. The average Bonchev–Trinajstić information content (AvgIpc) is 3.34.